The molecule has 118 valence electrons. The average molecular weight is 342 g/mol. The van der Waals surface area contributed by atoms with Gasteiger partial charge in [0.15, 0.2) is 9.84 Å². The smallest absolute Gasteiger partial charge is 0.333 e. The van der Waals surface area contributed by atoms with Gasteiger partial charge in [-0.05, 0) is 18.1 Å². The van der Waals surface area contributed by atoms with Gasteiger partial charge in [-0.3, -0.25) is 0 Å². The Labute approximate surface area is 134 Å². The molecule has 8 heteroatoms. The zero-order chi connectivity index (χ0) is 16.0. The number of hydrogen-bond acceptors (Lipinski definition) is 4. The number of hydrazone groups is 1. The first kappa shape index (κ1) is 16.5. The van der Waals surface area contributed by atoms with Crippen LogP contribution >= 0.6 is 11.6 Å². The van der Waals surface area contributed by atoms with E-state index >= 15 is 0 Å². The molecule has 0 saturated carbocycles. The Morgan fingerprint density at radius 3 is 2.68 bits per heavy atom. The number of allylic oxidation sites excluding steroid dienone is 1. The summed E-state index contributed by atoms with van der Waals surface area (Å²) in [5.74, 6) is 0.0751. The van der Waals surface area contributed by atoms with Crippen molar-refractivity contribution in [3.63, 3.8) is 0 Å². The van der Waals surface area contributed by atoms with Crippen molar-refractivity contribution in [1.82, 2.24) is 10.7 Å². The Bertz CT molecular complexity index is 687. The number of nitrogens with zero attached hydrogens (tertiary/aromatic N) is 1. The molecule has 0 radical (unpaired) electrons. The molecule has 1 aromatic rings. The third-order valence-corrected chi connectivity index (χ3v) is 5.00. The van der Waals surface area contributed by atoms with Crippen LogP contribution in [0.3, 0.4) is 0 Å². The lowest BCUT2D eigenvalue weighted by Crippen LogP contribution is -2.40. The van der Waals surface area contributed by atoms with Gasteiger partial charge in [0.25, 0.3) is 0 Å². The van der Waals surface area contributed by atoms with E-state index in [1.54, 1.807) is 6.08 Å². The van der Waals surface area contributed by atoms with E-state index in [-0.39, 0.29) is 17.5 Å². The van der Waals surface area contributed by atoms with Crippen LogP contribution in [0.25, 0.3) is 6.08 Å². The van der Waals surface area contributed by atoms with Crippen molar-refractivity contribution in [2.24, 2.45) is 5.10 Å². The summed E-state index contributed by atoms with van der Waals surface area (Å²) < 4.78 is 22.5. The number of sulfone groups is 1. The molecule has 1 saturated heterocycles. The maximum atomic E-state index is 11.6. The number of rotatable bonds is 4. The van der Waals surface area contributed by atoms with E-state index < -0.39 is 15.9 Å². The number of carbonyl (C=O) groups is 1. The van der Waals surface area contributed by atoms with Crippen LogP contribution in [0.5, 0.6) is 0 Å². The zero-order valence-corrected chi connectivity index (χ0v) is 13.3. The van der Waals surface area contributed by atoms with E-state index in [0.717, 1.165) is 5.56 Å². The molecule has 1 aliphatic rings. The second-order valence-corrected chi connectivity index (χ2v) is 7.55. The molecule has 0 aromatic heterocycles. The van der Waals surface area contributed by atoms with E-state index in [9.17, 15) is 13.2 Å². The van der Waals surface area contributed by atoms with Crippen LogP contribution < -0.4 is 10.7 Å². The number of amides is 2. The molecule has 1 aromatic carbocycles. The van der Waals surface area contributed by atoms with Crippen molar-refractivity contribution < 1.29 is 13.2 Å². The summed E-state index contributed by atoms with van der Waals surface area (Å²) in [4.78, 5) is 11.6. The van der Waals surface area contributed by atoms with Gasteiger partial charge in [-0.1, -0.05) is 41.9 Å². The van der Waals surface area contributed by atoms with Gasteiger partial charge in [-0.15, -0.1) is 0 Å². The van der Waals surface area contributed by atoms with E-state index in [0.29, 0.717) is 11.5 Å². The Morgan fingerprint density at radius 2 is 2.05 bits per heavy atom. The summed E-state index contributed by atoms with van der Waals surface area (Å²) in [5.41, 5.74) is 3.17. The zero-order valence-electron chi connectivity index (χ0n) is 11.7. The van der Waals surface area contributed by atoms with E-state index in [2.05, 4.69) is 15.8 Å². The summed E-state index contributed by atoms with van der Waals surface area (Å²) >= 11 is 5.97. The van der Waals surface area contributed by atoms with Crippen molar-refractivity contribution in [2.75, 3.05) is 11.5 Å². The topological polar surface area (TPSA) is 87.6 Å². The second-order valence-electron chi connectivity index (χ2n) is 4.88. The van der Waals surface area contributed by atoms with Gasteiger partial charge in [-0.2, -0.15) is 5.10 Å². The molecule has 22 heavy (non-hydrogen) atoms. The molecule has 0 unspecified atom stereocenters. The minimum Gasteiger partial charge on any atom is -0.333 e. The van der Waals surface area contributed by atoms with Crippen molar-refractivity contribution >= 4 is 39.8 Å². The monoisotopic (exact) mass is 341 g/mol. The van der Waals surface area contributed by atoms with Gasteiger partial charge in [0.1, 0.15) is 0 Å². The number of nitrogens with one attached hydrogen (secondary N) is 2. The largest absolute Gasteiger partial charge is 0.335 e. The first-order valence-corrected chi connectivity index (χ1v) is 8.87. The molecule has 0 aliphatic carbocycles. The first-order valence-electron chi connectivity index (χ1n) is 6.67. The molecule has 0 spiro atoms. The van der Waals surface area contributed by atoms with Crippen molar-refractivity contribution in [3.8, 4) is 0 Å². The predicted molar refractivity (Wildman–Crippen MR) is 87.5 cm³/mol. The maximum Gasteiger partial charge on any atom is 0.335 e. The summed E-state index contributed by atoms with van der Waals surface area (Å²) in [6.45, 7) is 0. The van der Waals surface area contributed by atoms with E-state index in [4.69, 9.17) is 11.6 Å². The third-order valence-electron chi connectivity index (χ3n) is 3.03. The number of hydrogen-bond donors (Lipinski definition) is 2. The normalized spacial score (nSPS) is 21.0. The van der Waals surface area contributed by atoms with Gasteiger partial charge in [0.05, 0.1) is 22.8 Å². The SMILES string of the molecule is O=C(NN=C/C(Cl)=C\c1ccccc1)N[C@@H]1CCS(=O)(=O)C1. The number of urea groups is 1. The Kier molecular flexibility index (Phi) is 5.57. The van der Waals surface area contributed by atoms with Crippen LogP contribution in [0.2, 0.25) is 0 Å². The summed E-state index contributed by atoms with van der Waals surface area (Å²) in [6.07, 6.45) is 3.43. The number of benzene rings is 1. The van der Waals surface area contributed by atoms with Crippen LogP contribution in [0.15, 0.2) is 40.5 Å². The molecule has 2 N–H and O–H groups in total. The van der Waals surface area contributed by atoms with E-state index in [1.165, 1.54) is 6.21 Å². The van der Waals surface area contributed by atoms with Gasteiger partial charge in [0.2, 0.25) is 0 Å². The van der Waals surface area contributed by atoms with Crippen LogP contribution in [0, 0.1) is 0 Å². The fourth-order valence-corrected chi connectivity index (χ4v) is 3.87. The van der Waals surface area contributed by atoms with Crippen molar-refractivity contribution in [3.05, 3.63) is 40.9 Å². The quantitative estimate of drug-likeness (QED) is 0.646. The van der Waals surface area contributed by atoms with Crippen LogP contribution in [-0.4, -0.2) is 38.2 Å². The summed E-state index contributed by atoms with van der Waals surface area (Å²) in [6, 6.07) is 8.52. The fourth-order valence-electron chi connectivity index (χ4n) is 2.02. The third kappa shape index (κ3) is 5.50. The highest BCUT2D eigenvalue weighted by Gasteiger charge is 2.28. The molecule has 1 fully saturated rings. The lowest BCUT2D eigenvalue weighted by atomic mass is 10.2. The highest BCUT2D eigenvalue weighted by molar-refractivity contribution is 7.91. The highest BCUT2D eigenvalue weighted by Crippen LogP contribution is 2.11. The maximum absolute atomic E-state index is 11.6. The molecule has 2 rings (SSSR count). The first-order chi connectivity index (χ1) is 10.4. The molecule has 0 bridgehead atoms. The van der Waals surface area contributed by atoms with Gasteiger partial charge in [0, 0.05) is 6.04 Å². The Balaban J connectivity index is 1.79. The lowest BCUT2D eigenvalue weighted by Gasteiger charge is -2.09. The molecule has 1 heterocycles. The van der Waals surface area contributed by atoms with Gasteiger partial charge >= 0.3 is 6.03 Å². The minimum absolute atomic E-state index is 0.0290. The lowest BCUT2D eigenvalue weighted by molar-refractivity contribution is 0.238. The highest BCUT2D eigenvalue weighted by atomic mass is 35.5. The molecular formula is C14H16ClN3O3S. The van der Waals surface area contributed by atoms with Crippen molar-refractivity contribution in [2.45, 2.75) is 12.5 Å². The molecule has 2 amide bonds. The van der Waals surface area contributed by atoms with E-state index in [1.807, 2.05) is 30.3 Å². The second kappa shape index (κ2) is 7.42. The molecule has 1 atom stereocenters. The minimum atomic E-state index is -3.02. The predicted octanol–water partition coefficient (Wildman–Crippen LogP) is 1.74. The molecule has 6 nitrogen and oxygen atoms in total. The summed E-state index contributed by atoms with van der Waals surface area (Å²) in [5, 5.41) is 6.62. The average Bonchev–Trinajstić information content (AvgIpc) is 2.79. The van der Waals surface area contributed by atoms with Crippen LogP contribution in [0.4, 0.5) is 4.79 Å². The van der Waals surface area contributed by atoms with Gasteiger partial charge in [-0.25, -0.2) is 18.6 Å². The van der Waals surface area contributed by atoms with Crippen LogP contribution in [0.1, 0.15) is 12.0 Å². The Morgan fingerprint density at radius 1 is 1.32 bits per heavy atom. The Hall–Kier alpha value is -1.86. The number of halogens is 1. The molecular weight excluding hydrogens is 326 g/mol. The molecule has 1 aliphatic heterocycles. The standard InChI is InChI=1S/C14H16ClN3O3S/c15-12(8-11-4-2-1-3-5-11)9-16-18-14(19)17-13-6-7-22(20,21)10-13/h1-5,8-9,13H,6-7,10H2,(H2,17,18,19)/b12-8+,16-9?/t13-/m1/s1. The summed E-state index contributed by atoms with van der Waals surface area (Å²) in [7, 11) is -3.02. The number of carbonyl (C=O) groups excluding carboxylic acids is 1. The van der Waals surface area contributed by atoms with Crippen LogP contribution in [-0.2, 0) is 9.84 Å². The van der Waals surface area contributed by atoms with Crippen molar-refractivity contribution in [1.29, 1.82) is 0 Å². The van der Waals surface area contributed by atoms with Gasteiger partial charge < -0.3 is 5.32 Å². The fraction of sp³-hybridized carbons (Fsp3) is 0.286.